The number of esters is 1. The molecule has 0 fully saturated rings. The first-order valence-electron chi connectivity index (χ1n) is 11.9. The van der Waals surface area contributed by atoms with Crippen LogP contribution in [0.2, 0.25) is 0 Å². The van der Waals surface area contributed by atoms with Crippen LogP contribution in [0.3, 0.4) is 0 Å². The quantitative estimate of drug-likeness (QED) is 0.165. The van der Waals surface area contributed by atoms with Gasteiger partial charge >= 0.3 is 5.97 Å². The highest BCUT2D eigenvalue weighted by Crippen LogP contribution is 2.35. The second kappa shape index (κ2) is 12.7. The molecular weight excluding hydrogens is 508 g/mol. The summed E-state index contributed by atoms with van der Waals surface area (Å²) in [4.78, 5) is 39.9. The Morgan fingerprint density at radius 1 is 1.08 bits per heavy atom. The summed E-state index contributed by atoms with van der Waals surface area (Å²) in [5.41, 5.74) is 8.83. The number of anilines is 2. The van der Waals surface area contributed by atoms with Crippen molar-refractivity contribution in [2.75, 3.05) is 23.4 Å². The molecule has 2 amide bonds. The molecule has 1 heterocycles. The Morgan fingerprint density at radius 2 is 1.79 bits per heavy atom. The van der Waals surface area contributed by atoms with E-state index in [1.54, 1.807) is 42.2 Å². The van der Waals surface area contributed by atoms with Crippen LogP contribution in [0.15, 0.2) is 72.8 Å². The molecule has 0 radical (unpaired) electrons. The van der Waals surface area contributed by atoms with Gasteiger partial charge in [0.1, 0.15) is 17.5 Å². The van der Waals surface area contributed by atoms with E-state index >= 15 is 0 Å². The third-order valence-electron chi connectivity index (χ3n) is 5.95. The minimum Gasteiger partial charge on any atom is -0.481 e. The zero-order chi connectivity index (χ0) is 26.4. The molecule has 0 unspecified atom stereocenters. The number of amides is 2. The largest absolute Gasteiger partial charge is 0.481 e. The summed E-state index contributed by atoms with van der Waals surface area (Å²) in [5.74, 6) is -1.89. The average Bonchev–Trinajstić information content (AvgIpc) is 2.90. The summed E-state index contributed by atoms with van der Waals surface area (Å²) in [7, 11) is 0. The van der Waals surface area contributed by atoms with E-state index in [0.717, 1.165) is 11.1 Å². The lowest BCUT2D eigenvalue weighted by Gasteiger charge is -2.30. The third-order valence-corrected chi connectivity index (χ3v) is 5.95. The Balaban J connectivity index is 0.00000400. The Labute approximate surface area is 226 Å². The molecule has 38 heavy (non-hydrogen) atoms. The topological polar surface area (TPSA) is 135 Å². The van der Waals surface area contributed by atoms with E-state index in [0.29, 0.717) is 29.2 Å². The number of fused-ring (bicyclic) bond motifs is 1. The second-order valence-corrected chi connectivity index (χ2v) is 8.55. The van der Waals surface area contributed by atoms with Crippen molar-refractivity contribution in [2.45, 2.75) is 19.9 Å². The van der Waals surface area contributed by atoms with Crippen LogP contribution in [-0.2, 0) is 32.1 Å². The molecule has 3 aromatic carbocycles. The summed E-state index contributed by atoms with van der Waals surface area (Å²) in [6.45, 7) is 2.03. The van der Waals surface area contributed by atoms with Crippen LogP contribution in [-0.4, -0.2) is 36.8 Å². The Kier molecular flexibility index (Phi) is 9.45. The number of hydrogen-bond donors (Lipinski definition) is 3. The van der Waals surface area contributed by atoms with Crippen LogP contribution in [0, 0.1) is 11.3 Å². The second-order valence-electron chi connectivity index (χ2n) is 8.55. The molecular formula is C28H29ClN4O5. The molecule has 3 aromatic rings. The van der Waals surface area contributed by atoms with Gasteiger partial charge in [-0.05, 0) is 36.6 Å². The molecule has 0 saturated heterocycles. The van der Waals surface area contributed by atoms with Crippen molar-refractivity contribution in [3.05, 3.63) is 89.5 Å². The zero-order valence-corrected chi connectivity index (χ0v) is 21.6. The molecule has 0 spiro atoms. The van der Waals surface area contributed by atoms with Crippen LogP contribution in [0.25, 0.3) is 0 Å². The molecule has 4 N–H and O–H groups in total. The van der Waals surface area contributed by atoms with Gasteiger partial charge in [0.15, 0.2) is 6.61 Å². The maximum absolute atomic E-state index is 13.1. The standard InChI is InChI=1S/C28H28N4O5.ClH/c1-2-36-28(35)22(14-18-6-4-3-5-7-18)27(34)31-21-12-13-23-24(15-21)37-17-25(33)32(23)16-19-8-10-20(11-9-19)26(29)30;/h3-13,15,22H,2,14,16-17H2,1H3,(H3,29,30)(H,31,34);1H/t22-;/m1./s1. The van der Waals surface area contributed by atoms with Gasteiger partial charge in [-0.15, -0.1) is 12.4 Å². The number of nitrogens with one attached hydrogen (secondary N) is 2. The summed E-state index contributed by atoms with van der Waals surface area (Å²) in [5, 5.41) is 10.3. The highest BCUT2D eigenvalue weighted by molar-refractivity contribution is 6.05. The predicted octanol–water partition coefficient (Wildman–Crippen LogP) is 3.68. The molecule has 1 aliphatic rings. The monoisotopic (exact) mass is 536 g/mol. The van der Waals surface area contributed by atoms with Gasteiger partial charge in [-0.25, -0.2) is 0 Å². The van der Waals surface area contributed by atoms with E-state index in [1.807, 2.05) is 42.5 Å². The predicted molar refractivity (Wildman–Crippen MR) is 147 cm³/mol. The fourth-order valence-corrected chi connectivity index (χ4v) is 4.03. The van der Waals surface area contributed by atoms with Crippen molar-refractivity contribution in [1.29, 1.82) is 5.41 Å². The van der Waals surface area contributed by atoms with Crippen molar-refractivity contribution < 1.29 is 23.9 Å². The van der Waals surface area contributed by atoms with Crippen molar-refractivity contribution in [1.82, 2.24) is 0 Å². The van der Waals surface area contributed by atoms with Gasteiger partial charge in [0.25, 0.3) is 5.91 Å². The lowest BCUT2D eigenvalue weighted by atomic mass is 9.98. The summed E-state index contributed by atoms with van der Waals surface area (Å²) in [6, 6.07) is 21.4. The van der Waals surface area contributed by atoms with Gasteiger partial charge in [0, 0.05) is 17.3 Å². The minimum absolute atomic E-state index is 0. The summed E-state index contributed by atoms with van der Waals surface area (Å²) in [6.07, 6.45) is 0.206. The third kappa shape index (κ3) is 6.68. The number of nitrogen functional groups attached to an aromatic ring is 1. The number of nitrogens with two attached hydrogens (primary N) is 1. The number of amidine groups is 1. The van der Waals surface area contributed by atoms with E-state index in [1.165, 1.54) is 0 Å². The summed E-state index contributed by atoms with van der Waals surface area (Å²) < 4.78 is 10.8. The van der Waals surface area contributed by atoms with Gasteiger partial charge < -0.3 is 25.4 Å². The molecule has 4 rings (SSSR count). The van der Waals surface area contributed by atoms with E-state index in [-0.39, 0.29) is 43.8 Å². The molecule has 0 saturated carbocycles. The molecule has 10 heteroatoms. The molecule has 0 aliphatic carbocycles. The lowest BCUT2D eigenvalue weighted by Crippen LogP contribution is -2.38. The van der Waals surface area contributed by atoms with Crippen molar-refractivity contribution in [3.63, 3.8) is 0 Å². The van der Waals surface area contributed by atoms with Gasteiger partial charge in [-0.2, -0.15) is 0 Å². The first-order valence-corrected chi connectivity index (χ1v) is 11.9. The number of halogens is 1. The van der Waals surface area contributed by atoms with Gasteiger partial charge in [0.05, 0.1) is 18.8 Å². The Bertz CT molecular complexity index is 1310. The molecule has 0 bridgehead atoms. The van der Waals surface area contributed by atoms with Gasteiger partial charge in [-0.1, -0.05) is 54.6 Å². The van der Waals surface area contributed by atoms with Crippen LogP contribution >= 0.6 is 12.4 Å². The number of hydrogen-bond acceptors (Lipinski definition) is 6. The van der Waals surface area contributed by atoms with Crippen LogP contribution in [0.5, 0.6) is 5.75 Å². The Hall–Kier alpha value is -4.37. The van der Waals surface area contributed by atoms with Gasteiger partial charge in [0.2, 0.25) is 5.91 Å². The molecule has 9 nitrogen and oxygen atoms in total. The number of benzene rings is 3. The molecule has 1 atom stereocenters. The number of carbonyl (C=O) groups is 3. The molecule has 198 valence electrons. The zero-order valence-electron chi connectivity index (χ0n) is 20.8. The van der Waals surface area contributed by atoms with Crippen LogP contribution < -0.4 is 20.7 Å². The molecule has 1 aliphatic heterocycles. The first kappa shape index (κ1) is 28.2. The van der Waals surface area contributed by atoms with E-state index in [4.69, 9.17) is 20.6 Å². The maximum Gasteiger partial charge on any atom is 0.318 e. The molecule has 0 aromatic heterocycles. The van der Waals surface area contributed by atoms with Crippen LogP contribution in [0.4, 0.5) is 11.4 Å². The van der Waals surface area contributed by atoms with E-state index in [9.17, 15) is 14.4 Å². The fraction of sp³-hybridized carbons (Fsp3) is 0.214. The number of ether oxygens (including phenoxy) is 2. The maximum atomic E-state index is 13.1. The van der Waals surface area contributed by atoms with Crippen molar-refractivity contribution in [2.24, 2.45) is 11.7 Å². The van der Waals surface area contributed by atoms with E-state index < -0.39 is 17.8 Å². The number of carbonyl (C=O) groups excluding carboxylic acids is 3. The number of rotatable bonds is 9. The first-order chi connectivity index (χ1) is 17.9. The van der Waals surface area contributed by atoms with Crippen molar-refractivity contribution in [3.8, 4) is 5.75 Å². The van der Waals surface area contributed by atoms with E-state index in [2.05, 4.69) is 5.32 Å². The van der Waals surface area contributed by atoms with Gasteiger partial charge in [-0.3, -0.25) is 19.8 Å². The fourth-order valence-electron chi connectivity index (χ4n) is 4.03. The highest BCUT2D eigenvalue weighted by atomic mass is 35.5. The van der Waals surface area contributed by atoms with Crippen LogP contribution in [0.1, 0.15) is 23.6 Å². The Morgan fingerprint density at radius 3 is 2.45 bits per heavy atom. The smallest absolute Gasteiger partial charge is 0.318 e. The number of nitrogens with zero attached hydrogens (tertiary/aromatic N) is 1. The summed E-state index contributed by atoms with van der Waals surface area (Å²) >= 11 is 0. The normalized spacial score (nSPS) is 12.9. The SMILES string of the molecule is CCOC(=O)[C@H](Cc1ccccc1)C(=O)Nc1ccc2c(c1)OCC(=O)N2Cc1ccc(C(=N)N)cc1.Cl. The lowest BCUT2D eigenvalue weighted by molar-refractivity contribution is -0.150. The average molecular weight is 537 g/mol. The van der Waals surface area contributed by atoms with Crippen molar-refractivity contribution >= 4 is 47.4 Å². The highest BCUT2D eigenvalue weighted by Gasteiger charge is 2.30. The minimum atomic E-state index is -1.02.